The van der Waals surface area contributed by atoms with Crippen LogP contribution in [0.2, 0.25) is 0 Å². The molecule has 0 spiro atoms. The summed E-state index contributed by atoms with van der Waals surface area (Å²) in [5, 5.41) is 7.02. The number of aliphatic imine (C=N–C) groups is 1. The van der Waals surface area contributed by atoms with E-state index in [1.54, 1.807) is 0 Å². The number of hydrogen-bond acceptors (Lipinski definition) is 3. The fourth-order valence-electron chi connectivity index (χ4n) is 4.27. The molecule has 1 heterocycles. The van der Waals surface area contributed by atoms with Crippen molar-refractivity contribution >= 4 is 47.6 Å². The molecule has 1 saturated carbocycles. The smallest absolute Gasteiger partial charge is 0.225 e. The number of amides is 1. The van der Waals surface area contributed by atoms with Crippen LogP contribution in [0.3, 0.4) is 0 Å². The highest BCUT2D eigenvalue weighted by atomic mass is 127. The van der Waals surface area contributed by atoms with Gasteiger partial charge in [0.1, 0.15) is 0 Å². The number of guanidine groups is 1. The first-order valence-corrected chi connectivity index (χ1v) is 12.7. The van der Waals surface area contributed by atoms with E-state index in [-0.39, 0.29) is 29.9 Å². The monoisotopic (exact) mass is 558 g/mol. The lowest BCUT2D eigenvalue weighted by Gasteiger charge is -2.34. The topological polar surface area (TPSA) is 56.7 Å². The molecule has 0 bridgehead atoms. The van der Waals surface area contributed by atoms with Crippen LogP contribution in [0.25, 0.3) is 0 Å². The lowest BCUT2D eigenvalue weighted by molar-refractivity contribution is -0.136. The van der Waals surface area contributed by atoms with Gasteiger partial charge in [-0.3, -0.25) is 9.79 Å². The van der Waals surface area contributed by atoms with Gasteiger partial charge < -0.3 is 15.5 Å². The van der Waals surface area contributed by atoms with E-state index in [0.717, 1.165) is 69.3 Å². The van der Waals surface area contributed by atoms with Crippen molar-refractivity contribution in [1.82, 2.24) is 15.5 Å². The molecule has 7 heteroatoms. The van der Waals surface area contributed by atoms with Crippen molar-refractivity contribution in [2.75, 3.05) is 37.7 Å². The SMILES string of the molecule is CCNC(=NCC(C)c1ccc(C)cc1)NC1CCC(C(=O)N2CCSCC2)CC1.I. The molecule has 1 aromatic rings. The zero-order valence-electron chi connectivity index (χ0n) is 19.2. The average Bonchev–Trinajstić information content (AvgIpc) is 2.78. The van der Waals surface area contributed by atoms with Gasteiger partial charge in [-0.05, 0) is 45.1 Å². The van der Waals surface area contributed by atoms with Gasteiger partial charge in [-0.1, -0.05) is 36.8 Å². The summed E-state index contributed by atoms with van der Waals surface area (Å²) >= 11 is 1.96. The lowest BCUT2D eigenvalue weighted by Crippen LogP contribution is -2.47. The first-order chi connectivity index (χ1) is 14.6. The van der Waals surface area contributed by atoms with Crippen molar-refractivity contribution in [2.24, 2.45) is 10.9 Å². The van der Waals surface area contributed by atoms with Crippen molar-refractivity contribution in [1.29, 1.82) is 0 Å². The molecule has 174 valence electrons. The standard InChI is InChI=1S/C24H38N4OS.HI/c1-4-25-24(26-17-19(3)20-7-5-18(2)6-8-20)27-22-11-9-21(10-12-22)23(29)28-13-15-30-16-14-28;/h5-8,19,21-22H,4,9-17H2,1-3H3,(H2,25,26,27);1H. The van der Waals surface area contributed by atoms with Gasteiger partial charge in [0.2, 0.25) is 5.91 Å². The number of benzene rings is 1. The second-order valence-corrected chi connectivity index (χ2v) is 9.89. The average molecular weight is 559 g/mol. The number of aryl methyl sites for hydroxylation is 1. The molecule has 1 aromatic carbocycles. The predicted octanol–water partition coefficient (Wildman–Crippen LogP) is 4.41. The molecule has 1 atom stereocenters. The molecule has 0 radical (unpaired) electrons. The fourth-order valence-corrected chi connectivity index (χ4v) is 5.17. The molecule has 5 nitrogen and oxygen atoms in total. The number of carbonyl (C=O) groups excluding carboxylic acids is 1. The molecule has 1 amide bonds. The van der Waals surface area contributed by atoms with Crippen LogP contribution in [0, 0.1) is 12.8 Å². The number of nitrogens with zero attached hydrogens (tertiary/aromatic N) is 2. The molecule has 1 aliphatic heterocycles. The third-order valence-electron chi connectivity index (χ3n) is 6.25. The highest BCUT2D eigenvalue weighted by Gasteiger charge is 2.30. The largest absolute Gasteiger partial charge is 0.357 e. The van der Waals surface area contributed by atoms with Gasteiger partial charge in [-0.15, -0.1) is 24.0 Å². The van der Waals surface area contributed by atoms with Crippen molar-refractivity contribution in [3.63, 3.8) is 0 Å². The molecule has 0 aromatic heterocycles. The van der Waals surface area contributed by atoms with Crippen LogP contribution in [0.1, 0.15) is 56.6 Å². The summed E-state index contributed by atoms with van der Waals surface area (Å²) < 4.78 is 0. The van der Waals surface area contributed by atoms with E-state index in [0.29, 0.717) is 17.9 Å². The highest BCUT2D eigenvalue weighted by Crippen LogP contribution is 2.27. The van der Waals surface area contributed by atoms with Crippen molar-refractivity contribution in [3.05, 3.63) is 35.4 Å². The molecular weight excluding hydrogens is 519 g/mol. The molecule has 2 N–H and O–H groups in total. The third kappa shape index (κ3) is 8.15. The molecule has 1 unspecified atom stereocenters. The first kappa shape index (κ1) is 26.3. The van der Waals surface area contributed by atoms with Crippen molar-refractivity contribution in [2.45, 2.75) is 58.4 Å². The fraction of sp³-hybridized carbons (Fsp3) is 0.667. The summed E-state index contributed by atoms with van der Waals surface area (Å²) in [6.07, 6.45) is 4.05. The quantitative estimate of drug-likeness (QED) is 0.309. The Morgan fingerprint density at radius 1 is 1.16 bits per heavy atom. The molecule has 2 fully saturated rings. The summed E-state index contributed by atoms with van der Waals surface area (Å²) in [6, 6.07) is 9.14. The van der Waals surface area contributed by atoms with Crippen molar-refractivity contribution in [3.8, 4) is 0 Å². The van der Waals surface area contributed by atoms with E-state index < -0.39 is 0 Å². The number of carbonyl (C=O) groups is 1. The summed E-state index contributed by atoms with van der Waals surface area (Å²) in [4.78, 5) is 19.7. The molecule has 31 heavy (non-hydrogen) atoms. The Labute approximate surface area is 209 Å². The summed E-state index contributed by atoms with van der Waals surface area (Å²) in [5.74, 6) is 4.07. The number of halogens is 1. The van der Waals surface area contributed by atoms with Crippen LogP contribution < -0.4 is 10.6 Å². The Kier molecular flexibility index (Phi) is 11.5. The van der Waals surface area contributed by atoms with Crippen LogP contribution in [-0.4, -0.2) is 60.5 Å². The van der Waals surface area contributed by atoms with Gasteiger partial charge in [0.15, 0.2) is 5.96 Å². The first-order valence-electron chi connectivity index (χ1n) is 11.5. The van der Waals surface area contributed by atoms with Crippen LogP contribution in [0.15, 0.2) is 29.3 Å². The summed E-state index contributed by atoms with van der Waals surface area (Å²) in [5.41, 5.74) is 2.62. The molecule has 3 rings (SSSR count). The van der Waals surface area contributed by atoms with Gasteiger partial charge in [0.05, 0.1) is 0 Å². The van der Waals surface area contributed by atoms with E-state index in [2.05, 4.69) is 60.6 Å². The van der Waals surface area contributed by atoms with Crippen LogP contribution in [0.5, 0.6) is 0 Å². The van der Waals surface area contributed by atoms with E-state index in [9.17, 15) is 4.79 Å². The minimum atomic E-state index is 0. The molecule has 1 aliphatic carbocycles. The van der Waals surface area contributed by atoms with Gasteiger partial charge in [0, 0.05) is 55.6 Å². The van der Waals surface area contributed by atoms with Crippen LogP contribution in [-0.2, 0) is 4.79 Å². The predicted molar refractivity (Wildman–Crippen MR) is 144 cm³/mol. The Bertz CT molecular complexity index is 698. The Morgan fingerprint density at radius 3 is 2.42 bits per heavy atom. The minimum absolute atomic E-state index is 0. The summed E-state index contributed by atoms with van der Waals surface area (Å²) in [7, 11) is 0. The van der Waals surface area contributed by atoms with Crippen molar-refractivity contribution < 1.29 is 4.79 Å². The Morgan fingerprint density at radius 2 is 1.81 bits per heavy atom. The second kappa shape index (κ2) is 13.6. The Hall–Kier alpha value is -0.960. The summed E-state index contributed by atoms with van der Waals surface area (Å²) in [6.45, 7) is 9.93. The zero-order chi connectivity index (χ0) is 21.3. The maximum atomic E-state index is 12.8. The number of hydrogen-bond donors (Lipinski definition) is 2. The Balaban J connectivity index is 0.00000341. The number of nitrogens with one attached hydrogen (secondary N) is 2. The maximum Gasteiger partial charge on any atom is 0.225 e. The normalized spacial score (nSPS) is 22.9. The molecule has 1 saturated heterocycles. The van der Waals surface area contributed by atoms with Gasteiger partial charge in [-0.2, -0.15) is 11.8 Å². The number of rotatable bonds is 6. The molecular formula is C24H39IN4OS. The van der Waals surface area contributed by atoms with Gasteiger partial charge in [0.25, 0.3) is 0 Å². The van der Waals surface area contributed by atoms with Crippen LogP contribution >= 0.6 is 35.7 Å². The highest BCUT2D eigenvalue weighted by molar-refractivity contribution is 14.0. The van der Waals surface area contributed by atoms with E-state index in [4.69, 9.17) is 4.99 Å². The van der Waals surface area contributed by atoms with Crippen LogP contribution in [0.4, 0.5) is 0 Å². The number of thioether (sulfide) groups is 1. The molecule has 2 aliphatic rings. The van der Waals surface area contributed by atoms with Gasteiger partial charge in [-0.25, -0.2) is 0 Å². The lowest BCUT2D eigenvalue weighted by atomic mass is 9.85. The third-order valence-corrected chi connectivity index (χ3v) is 7.20. The van der Waals surface area contributed by atoms with E-state index in [1.165, 1.54) is 11.1 Å². The maximum absolute atomic E-state index is 12.8. The van der Waals surface area contributed by atoms with E-state index in [1.807, 2.05) is 11.8 Å². The van der Waals surface area contributed by atoms with E-state index >= 15 is 0 Å². The minimum Gasteiger partial charge on any atom is -0.357 e. The van der Waals surface area contributed by atoms with Gasteiger partial charge >= 0.3 is 0 Å². The zero-order valence-corrected chi connectivity index (χ0v) is 22.4. The second-order valence-electron chi connectivity index (χ2n) is 8.66.